The molecule has 0 bridgehead atoms. The van der Waals surface area contributed by atoms with Gasteiger partial charge >= 0.3 is 6.01 Å². The number of aromatic nitrogens is 2. The van der Waals surface area contributed by atoms with Crippen LogP contribution in [0.4, 0.5) is 0 Å². The number of hydrogen-bond acceptors (Lipinski definition) is 3. The van der Waals surface area contributed by atoms with Gasteiger partial charge in [0.2, 0.25) is 0 Å². The van der Waals surface area contributed by atoms with Gasteiger partial charge in [0, 0.05) is 16.4 Å². The van der Waals surface area contributed by atoms with E-state index >= 15 is 0 Å². The predicted molar refractivity (Wildman–Crippen MR) is 78.5 cm³/mol. The fourth-order valence-corrected chi connectivity index (χ4v) is 2.22. The first kappa shape index (κ1) is 12.1. The summed E-state index contributed by atoms with van der Waals surface area (Å²) in [6, 6.07) is 14.3. The van der Waals surface area contributed by atoms with Crippen molar-refractivity contribution in [1.29, 1.82) is 0 Å². The minimum absolute atomic E-state index is 0.372. The summed E-state index contributed by atoms with van der Waals surface area (Å²) >= 11 is 3.46. The van der Waals surface area contributed by atoms with Crippen LogP contribution in [0.15, 0.2) is 53.1 Å². The number of rotatable bonds is 2. The molecule has 0 fully saturated rings. The van der Waals surface area contributed by atoms with E-state index in [1.54, 1.807) is 6.20 Å². The van der Waals surface area contributed by atoms with Crippen molar-refractivity contribution >= 4 is 26.7 Å². The molecule has 1 heterocycles. The van der Waals surface area contributed by atoms with Crippen LogP contribution in [0.25, 0.3) is 10.8 Å². The molecule has 0 saturated carbocycles. The fourth-order valence-electron chi connectivity index (χ4n) is 1.84. The maximum absolute atomic E-state index is 5.66. The van der Waals surface area contributed by atoms with E-state index < -0.39 is 0 Å². The van der Waals surface area contributed by atoms with Crippen LogP contribution in [0, 0.1) is 6.92 Å². The molecule has 0 aliphatic rings. The Morgan fingerprint density at radius 2 is 1.79 bits per heavy atom. The van der Waals surface area contributed by atoms with Gasteiger partial charge in [-0.25, -0.2) is 9.97 Å². The Morgan fingerprint density at radius 3 is 2.63 bits per heavy atom. The molecule has 0 atom stereocenters. The molecular weight excluding hydrogens is 304 g/mol. The maximum Gasteiger partial charge on any atom is 0.322 e. The second-order valence-corrected chi connectivity index (χ2v) is 5.15. The summed E-state index contributed by atoms with van der Waals surface area (Å²) in [7, 11) is 0. The van der Waals surface area contributed by atoms with Gasteiger partial charge in [-0.2, -0.15) is 0 Å². The number of hydrogen-bond donors (Lipinski definition) is 0. The quantitative estimate of drug-likeness (QED) is 0.699. The monoisotopic (exact) mass is 314 g/mol. The van der Waals surface area contributed by atoms with Gasteiger partial charge < -0.3 is 4.74 Å². The van der Waals surface area contributed by atoms with Crippen molar-refractivity contribution in [1.82, 2.24) is 9.97 Å². The Bertz CT molecular complexity index is 743. The van der Waals surface area contributed by atoms with E-state index in [2.05, 4.69) is 32.0 Å². The standard InChI is InChI=1S/C15H11BrN2O/c1-10-6-7-17-15(18-10)19-14-5-3-11-8-13(16)4-2-12(11)9-14/h2-9H,1H3. The summed E-state index contributed by atoms with van der Waals surface area (Å²) < 4.78 is 6.73. The van der Waals surface area contributed by atoms with E-state index in [0.717, 1.165) is 26.7 Å². The number of aryl methyl sites for hydroxylation is 1. The Morgan fingerprint density at radius 1 is 1.00 bits per heavy atom. The minimum atomic E-state index is 0.372. The highest BCUT2D eigenvalue weighted by molar-refractivity contribution is 9.10. The molecule has 0 spiro atoms. The number of nitrogens with zero attached hydrogens (tertiary/aromatic N) is 2. The lowest BCUT2D eigenvalue weighted by molar-refractivity contribution is 0.441. The topological polar surface area (TPSA) is 35.0 Å². The third-order valence-corrected chi connectivity index (χ3v) is 3.25. The fraction of sp³-hybridized carbons (Fsp3) is 0.0667. The average Bonchev–Trinajstić information content (AvgIpc) is 2.39. The maximum atomic E-state index is 5.66. The van der Waals surface area contributed by atoms with Crippen LogP contribution in [-0.4, -0.2) is 9.97 Å². The molecule has 0 aliphatic heterocycles. The highest BCUT2D eigenvalue weighted by atomic mass is 79.9. The van der Waals surface area contributed by atoms with Crippen LogP contribution in [0.1, 0.15) is 5.69 Å². The summed E-state index contributed by atoms with van der Waals surface area (Å²) in [5, 5.41) is 2.28. The molecule has 0 saturated heterocycles. The van der Waals surface area contributed by atoms with Gasteiger partial charge in [0.15, 0.2) is 0 Å². The van der Waals surface area contributed by atoms with E-state index in [1.807, 2.05) is 43.3 Å². The van der Waals surface area contributed by atoms with E-state index in [0.29, 0.717) is 6.01 Å². The Hall–Kier alpha value is -1.94. The number of benzene rings is 2. The van der Waals surface area contributed by atoms with Crippen LogP contribution >= 0.6 is 15.9 Å². The molecule has 19 heavy (non-hydrogen) atoms. The Balaban J connectivity index is 1.95. The first-order valence-corrected chi connectivity index (χ1v) is 6.67. The van der Waals surface area contributed by atoms with Crippen molar-refractivity contribution in [3.63, 3.8) is 0 Å². The second kappa shape index (κ2) is 4.97. The van der Waals surface area contributed by atoms with Crippen LogP contribution in [0.5, 0.6) is 11.8 Å². The highest BCUT2D eigenvalue weighted by Crippen LogP contribution is 2.26. The molecule has 4 heteroatoms. The number of halogens is 1. The SMILES string of the molecule is Cc1ccnc(Oc2ccc3cc(Br)ccc3c2)n1. The summed E-state index contributed by atoms with van der Waals surface area (Å²) in [6.45, 7) is 1.91. The molecule has 0 amide bonds. The molecule has 0 radical (unpaired) electrons. The van der Waals surface area contributed by atoms with Gasteiger partial charge in [-0.15, -0.1) is 0 Å². The normalized spacial score (nSPS) is 10.6. The molecule has 0 unspecified atom stereocenters. The summed E-state index contributed by atoms with van der Waals surface area (Å²) in [5.74, 6) is 0.737. The van der Waals surface area contributed by atoms with Crippen LogP contribution in [0.2, 0.25) is 0 Å². The summed E-state index contributed by atoms with van der Waals surface area (Å²) in [6.07, 6.45) is 1.69. The van der Waals surface area contributed by atoms with Crippen molar-refractivity contribution < 1.29 is 4.74 Å². The minimum Gasteiger partial charge on any atom is -0.424 e. The highest BCUT2D eigenvalue weighted by Gasteiger charge is 2.02. The molecule has 3 nitrogen and oxygen atoms in total. The van der Waals surface area contributed by atoms with Crippen LogP contribution < -0.4 is 4.74 Å². The Labute approximate surface area is 119 Å². The summed E-state index contributed by atoms with van der Waals surface area (Å²) in [5.41, 5.74) is 0.884. The third-order valence-electron chi connectivity index (χ3n) is 2.76. The molecular formula is C15H11BrN2O. The van der Waals surface area contributed by atoms with E-state index in [9.17, 15) is 0 Å². The number of fused-ring (bicyclic) bond motifs is 1. The van der Waals surface area contributed by atoms with Crippen molar-refractivity contribution in [3.8, 4) is 11.8 Å². The van der Waals surface area contributed by atoms with Gasteiger partial charge in [-0.1, -0.05) is 28.1 Å². The van der Waals surface area contributed by atoms with Gasteiger partial charge in [-0.05, 0) is 48.0 Å². The predicted octanol–water partition coefficient (Wildman–Crippen LogP) is 4.49. The molecule has 1 aromatic heterocycles. The molecule has 3 aromatic rings. The number of ether oxygens (including phenoxy) is 1. The zero-order valence-corrected chi connectivity index (χ0v) is 11.9. The van der Waals surface area contributed by atoms with Gasteiger partial charge in [0.25, 0.3) is 0 Å². The smallest absolute Gasteiger partial charge is 0.322 e. The summed E-state index contributed by atoms with van der Waals surface area (Å²) in [4.78, 5) is 8.31. The lowest BCUT2D eigenvalue weighted by Gasteiger charge is -2.05. The van der Waals surface area contributed by atoms with E-state index in [1.165, 1.54) is 0 Å². The van der Waals surface area contributed by atoms with Crippen molar-refractivity contribution in [3.05, 3.63) is 58.8 Å². The van der Waals surface area contributed by atoms with E-state index in [-0.39, 0.29) is 0 Å². The van der Waals surface area contributed by atoms with Crippen molar-refractivity contribution in [2.45, 2.75) is 6.92 Å². The zero-order valence-electron chi connectivity index (χ0n) is 10.3. The average molecular weight is 315 g/mol. The van der Waals surface area contributed by atoms with Gasteiger partial charge in [0.1, 0.15) is 5.75 Å². The molecule has 2 aromatic carbocycles. The van der Waals surface area contributed by atoms with Crippen LogP contribution in [-0.2, 0) is 0 Å². The van der Waals surface area contributed by atoms with Gasteiger partial charge in [-0.3, -0.25) is 0 Å². The van der Waals surface area contributed by atoms with Crippen molar-refractivity contribution in [2.24, 2.45) is 0 Å². The van der Waals surface area contributed by atoms with Crippen molar-refractivity contribution in [2.75, 3.05) is 0 Å². The van der Waals surface area contributed by atoms with E-state index in [4.69, 9.17) is 4.74 Å². The lowest BCUT2D eigenvalue weighted by Crippen LogP contribution is -1.92. The van der Waals surface area contributed by atoms with Gasteiger partial charge in [0.05, 0.1) is 0 Å². The zero-order chi connectivity index (χ0) is 13.2. The largest absolute Gasteiger partial charge is 0.424 e. The molecule has 94 valence electrons. The Kier molecular flexibility index (Phi) is 3.17. The second-order valence-electron chi connectivity index (χ2n) is 4.24. The first-order valence-electron chi connectivity index (χ1n) is 5.87. The lowest BCUT2D eigenvalue weighted by atomic mass is 10.1. The molecule has 3 rings (SSSR count). The molecule has 0 aliphatic carbocycles. The molecule has 0 N–H and O–H groups in total. The third kappa shape index (κ3) is 2.74. The first-order chi connectivity index (χ1) is 9.20. The van der Waals surface area contributed by atoms with Crippen LogP contribution in [0.3, 0.4) is 0 Å².